The molecule has 4 aromatic heterocycles. The van der Waals surface area contributed by atoms with Crippen molar-refractivity contribution >= 4 is 99.3 Å². The van der Waals surface area contributed by atoms with Crippen molar-refractivity contribution in [2.24, 2.45) is 0 Å². The minimum atomic E-state index is 0.821. The van der Waals surface area contributed by atoms with Gasteiger partial charge in [-0.05, 0) is 52.2 Å². The van der Waals surface area contributed by atoms with Crippen molar-refractivity contribution in [2.75, 3.05) is 0 Å². The van der Waals surface area contributed by atoms with E-state index >= 15 is 0 Å². The lowest BCUT2D eigenvalue weighted by Crippen LogP contribution is -1.62. The average molecular weight is 462 g/mol. The molecule has 7 heteroatoms. The third kappa shape index (κ3) is 3.42. The third-order valence-electron chi connectivity index (χ3n) is 2.59. The molecule has 0 aliphatic carbocycles. The Kier molecular flexibility index (Phi) is 4.85. The molecule has 4 rings (SSSR count). The van der Waals surface area contributed by atoms with Crippen molar-refractivity contribution in [3.8, 4) is 0 Å². The van der Waals surface area contributed by atoms with Crippen LogP contribution in [0.5, 0.6) is 0 Å². The van der Waals surface area contributed by atoms with Crippen LogP contribution in [0.4, 0.5) is 0 Å². The summed E-state index contributed by atoms with van der Waals surface area (Å²) >= 11 is 8.79. The Morgan fingerprint density at radius 3 is 2.05 bits per heavy atom. The molecule has 0 aliphatic heterocycles. The summed E-state index contributed by atoms with van der Waals surface area (Å²) in [7, 11) is 0. The zero-order valence-electron chi connectivity index (χ0n) is 10.4. The second kappa shape index (κ2) is 6.66. The van der Waals surface area contributed by atoms with Crippen LogP contribution < -0.4 is 0 Å². The molecule has 0 atom stereocenters. The van der Waals surface area contributed by atoms with Gasteiger partial charge in [-0.3, -0.25) is 9.59 Å². The average Bonchev–Trinajstić information content (AvgIpc) is 3.16. The summed E-state index contributed by atoms with van der Waals surface area (Å²) in [5, 5.41) is 2.04. The van der Waals surface area contributed by atoms with E-state index in [1.165, 1.54) is 21.7 Å². The summed E-state index contributed by atoms with van der Waals surface area (Å²) in [5.74, 6) is 0. The summed E-state index contributed by atoms with van der Waals surface area (Å²) in [6.07, 6.45) is 1.81. The van der Waals surface area contributed by atoms with E-state index in [0.29, 0.717) is 0 Å². The molecule has 21 heavy (non-hydrogen) atoms. The minimum absolute atomic E-state index is 0.821. The van der Waals surface area contributed by atoms with E-state index in [1.807, 2.05) is 23.6 Å². The number of carbonyl (C=O) groups is 2. The number of carbonyl (C=O) groups excluding carboxylic acids is 2. The van der Waals surface area contributed by atoms with Gasteiger partial charge < -0.3 is 0 Å². The van der Waals surface area contributed by atoms with E-state index in [4.69, 9.17) is 0 Å². The van der Waals surface area contributed by atoms with Gasteiger partial charge in [0.15, 0.2) is 12.6 Å². The first-order chi connectivity index (χ1) is 10.2. The molecule has 2 nitrogen and oxygen atoms in total. The van der Waals surface area contributed by atoms with Crippen LogP contribution in [0.1, 0.15) is 19.3 Å². The van der Waals surface area contributed by atoms with Gasteiger partial charge in [0.25, 0.3) is 0 Å². The van der Waals surface area contributed by atoms with Crippen molar-refractivity contribution in [3.63, 3.8) is 0 Å². The normalized spacial score (nSPS) is 10.5. The molecule has 0 unspecified atom stereocenters. The molecule has 0 fully saturated rings. The fraction of sp³-hybridized carbons (Fsp3) is 0. The molecule has 0 aromatic carbocycles. The van der Waals surface area contributed by atoms with E-state index in [1.54, 1.807) is 45.3 Å². The Labute approximate surface area is 150 Å². The number of hydrogen-bond donors (Lipinski definition) is 0. The molecule has 0 saturated carbocycles. The Balaban J connectivity index is 0.000000126. The molecule has 4 heterocycles. The highest BCUT2D eigenvalue weighted by Crippen LogP contribution is 2.33. The van der Waals surface area contributed by atoms with Gasteiger partial charge in [-0.2, -0.15) is 0 Å². The van der Waals surface area contributed by atoms with Gasteiger partial charge >= 0.3 is 0 Å². The van der Waals surface area contributed by atoms with Crippen LogP contribution in [0.3, 0.4) is 0 Å². The highest BCUT2D eigenvalue weighted by Gasteiger charge is 2.03. The van der Waals surface area contributed by atoms with Crippen LogP contribution in [0.15, 0.2) is 29.6 Å². The van der Waals surface area contributed by atoms with Crippen LogP contribution in [0, 0.1) is 2.88 Å². The van der Waals surface area contributed by atoms with E-state index in [2.05, 4.69) is 28.7 Å². The van der Waals surface area contributed by atoms with Gasteiger partial charge in [0.2, 0.25) is 0 Å². The van der Waals surface area contributed by atoms with Crippen LogP contribution in [-0.4, -0.2) is 12.6 Å². The fourth-order valence-corrected chi connectivity index (χ4v) is 6.84. The molecule has 0 spiro atoms. The second-order valence-electron chi connectivity index (χ2n) is 3.96. The van der Waals surface area contributed by atoms with Gasteiger partial charge in [-0.25, -0.2) is 0 Å². The van der Waals surface area contributed by atoms with Gasteiger partial charge in [-0.1, -0.05) is 0 Å². The van der Waals surface area contributed by atoms with Gasteiger partial charge in [0, 0.05) is 18.8 Å². The zero-order chi connectivity index (χ0) is 14.8. The fourth-order valence-electron chi connectivity index (χ4n) is 1.73. The molecule has 0 aliphatic rings. The Hall–Kier alpha value is -0.610. The number of thiophene rings is 4. The second-order valence-corrected chi connectivity index (χ2v) is 10.1. The topological polar surface area (TPSA) is 34.1 Å². The molecule has 0 radical (unpaired) electrons. The lowest BCUT2D eigenvalue weighted by Gasteiger charge is -1.73. The third-order valence-corrected chi connectivity index (χ3v) is 7.58. The smallest absolute Gasteiger partial charge is 0.160 e. The summed E-state index contributed by atoms with van der Waals surface area (Å²) in [6, 6.07) is 8.02. The summed E-state index contributed by atoms with van der Waals surface area (Å²) in [5.41, 5.74) is 0. The molecule has 0 saturated heterocycles. The monoisotopic (exact) mass is 462 g/mol. The van der Waals surface area contributed by atoms with Crippen molar-refractivity contribution in [2.45, 2.75) is 0 Å². The van der Waals surface area contributed by atoms with E-state index in [0.717, 1.165) is 22.3 Å². The number of aldehydes is 2. The predicted octanol–water partition coefficient (Wildman–Crippen LogP) is 6.16. The highest BCUT2D eigenvalue weighted by molar-refractivity contribution is 14.1. The standard InChI is InChI=1S/C7H3IOS2.C7H4OS2/c8-7-2-6-5(11-7)1-4(3-9)10-6;8-4-5-3-7-6(10-5)1-2-9-7/h1-3H;1-4H. The quantitative estimate of drug-likeness (QED) is 0.264. The van der Waals surface area contributed by atoms with Crippen molar-refractivity contribution < 1.29 is 9.59 Å². The van der Waals surface area contributed by atoms with Crippen LogP contribution in [-0.2, 0) is 0 Å². The molecular formula is C14H7IO2S4. The molecule has 0 N–H and O–H groups in total. The number of hydrogen-bond acceptors (Lipinski definition) is 6. The summed E-state index contributed by atoms with van der Waals surface area (Å²) in [6.45, 7) is 0. The summed E-state index contributed by atoms with van der Waals surface area (Å²) < 4.78 is 6.16. The maximum absolute atomic E-state index is 10.4. The maximum Gasteiger partial charge on any atom is 0.160 e. The van der Waals surface area contributed by atoms with Crippen molar-refractivity contribution in [1.82, 2.24) is 0 Å². The Morgan fingerprint density at radius 1 is 0.810 bits per heavy atom. The molecule has 4 aromatic rings. The molecule has 0 bridgehead atoms. The SMILES string of the molecule is O=Cc1cc2sc(I)cc2s1.O=Cc1cc2sccc2s1. The van der Waals surface area contributed by atoms with Gasteiger partial charge in [0.1, 0.15) is 0 Å². The van der Waals surface area contributed by atoms with E-state index in [-0.39, 0.29) is 0 Å². The lowest BCUT2D eigenvalue weighted by atomic mass is 10.5. The minimum Gasteiger partial charge on any atom is -0.297 e. The zero-order valence-corrected chi connectivity index (χ0v) is 15.8. The first kappa shape index (κ1) is 15.3. The predicted molar refractivity (Wildman–Crippen MR) is 103 cm³/mol. The summed E-state index contributed by atoms with van der Waals surface area (Å²) in [4.78, 5) is 22.3. The Morgan fingerprint density at radius 2 is 1.43 bits per heavy atom. The first-order valence-electron chi connectivity index (χ1n) is 5.76. The van der Waals surface area contributed by atoms with Crippen LogP contribution in [0.25, 0.3) is 18.8 Å². The number of halogens is 1. The van der Waals surface area contributed by atoms with Crippen molar-refractivity contribution in [1.29, 1.82) is 0 Å². The van der Waals surface area contributed by atoms with E-state index in [9.17, 15) is 9.59 Å². The molecule has 106 valence electrons. The van der Waals surface area contributed by atoms with Gasteiger partial charge in [-0.15, -0.1) is 45.3 Å². The number of rotatable bonds is 2. The van der Waals surface area contributed by atoms with E-state index < -0.39 is 0 Å². The van der Waals surface area contributed by atoms with Crippen molar-refractivity contribution in [3.05, 3.63) is 42.3 Å². The largest absolute Gasteiger partial charge is 0.297 e. The van der Waals surface area contributed by atoms with Gasteiger partial charge in [0.05, 0.1) is 12.6 Å². The highest BCUT2D eigenvalue weighted by atomic mass is 127. The number of fused-ring (bicyclic) bond motifs is 2. The molecule has 0 amide bonds. The molecular weight excluding hydrogens is 455 g/mol. The van der Waals surface area contributed by atoms with Crippen LogP contribution >= 0.6 is 67.9 Å². The lowest BCUT2D eigenvalue weighted by molar-refractivity contribution is 0.111. The first-order valence-corrected chi connectivity index (χ1v) is 10.2. The Bertz CT molecular complexity index is 852. The maximum atomic E-state index is 10.4. The van der Waals surface area contributed by atoms with Crippen LogP contribution in [0.2, 0.25) is 0 Å².